The number of H-pyrrole nitrogens is 1. The summed E-state index contributed by atoms with van der Waals surface area (Å²) in [6.45, 7) is 0. The first-order valence-electron chi connectivity index (χ1n) is 4.88. The fraction of sp³-hybridized carbons (Fsp3) is 0. The van der Waals surface area contributed by atoms with Crippen molar-refractivity contribution in [1.82, 2.24) is 9.55 Å². The van der Waals surface area contributed by atoms with Crippen LogP contribution in [-0.2, 0) is 0 Å². The Kier molecular flexibility index (Phi) is 2.72. The lowest BCUT2D eigenvalue weighted by atomic mass is 10.2. The van der Waals surface area contributed by atoms with Crippen LogP contribution in [-0.4, -0.2) is 25.7 Å². The second-order valence-electron chi connectivity index (χ2n) is 3.47. The number of aromatic nitrogens is 2. The molecule has 1 heterocycles. The van der Waals surface area contributed by atoms with Crippen LogP contribution in [0.2, 0.25) is 0 Å². The maximum absolute atomic E-state index is 11.6. The number of carboxylic acids is 1. The summed E-state index contributed by atoms with van der Waals surface area (Å²) in [6, 6.07) is 5.87. The van der Waals surface area contributed by atoms with Crippen molar-refractivity contribution in [2.75, 3.05) is 0 Å². The Morgan fingerprint density at radius 2 is 1.89 bits per heavy atom. The van der Waals surface area contributed by atoms with E-state index in [0.717, 1.165) is 10.8 Å². The van der Waals surface area contributed by atoms with E-state index >= 15 is 0 Å². The Balaban J connectivity index is 2.77. The summed E-state index contributed by atoms with van der Waals surface area (Å²) in [4.78, 5) is 35.5. The number of carbonyl (C=O) groups is 1. The van der Waals surface area contributed by atoms with Crippen molar-refractivity contribution in [3.05, 3.63) is 56.9 Å². The van der Waals surface area contributed by atoms with Crippen LogP contribution in [0.5, 0.6) is 5.75 Å². The largest absolute Gasteiger partial charge is 0.506 e. The molecule has 0 atom stereocenters. The monoisotopic (exact) mass is 248 g/mol. The number of para-hydroxylation sites is 2. The van der Waals surface area contributed by atoms with E-state index < -0.39 is 22.8 Å². The van der Waals surface area contributed by atoms with Crippen LogP contribution < -0.4 is 11.2 Å². The second-order valence-corrected chi connectivity index (χ2v) is 3.47. The quantitative estimate of drug-likeness (QED) is 0.688. The van der Waals surface area contributed by atoms with E-state index in [1.165, 1.54) is 12.1 Å². The average Bonchev–Trinajstić information content (AvgIpc) is 2.30. The van der Waals surface area contributed by atoms with Gasteiger partial charge in [-0.05, 0) is 12.1 Å². The highest BCUT2D eigenvalue weighted by Crippen LogP contribution is 2.18. The van der Waals surface area contributed by atoms with Crippen molar-refractivity contribution in [3.63, 3.8) is 0 Å². The number of aromatic amines is 1. The molecule has 2 rings (SSSR count). The minimum absolute atomic E-state index is 0.0845. The highest BCUT2D eigenvalue weighted by atomic mass is 16.4. The number of hydrogen-bond donors (Lipinski definition) is 3. The lowest BCUT2D eigenvalue weighted by Gasteiger charge is -2.07. The van der Waals surface area contributed by atoms with Crippen molar-refractivity contribution in [2.24, 2.45) is 0 Å². The van der Waals surface area contributed by atoms with E-state index in [1.54, 1.807) is 12.1 Å². The van der Waals surface area contributed by atoms with Crippen molar-refractivity contribution in [3.8, 4) is 11.4 Å². The lowest BCUT2D eigenvalue weighted by Crippen LogP contribution is -2.32. The molecular weight excluding hydrogens is 240 g/mol. The Bertz CT molecular complexity index is 729. The molecule has 1 aromatic carbocycles. The molecule has 0 radical (unpaired) electrons. The van der Waals surface area contributed by atoms with E-state index in [1.807, 2.05) is 4.98 Å². The zero-order chi connectivity index (χ0) is 13.3. The van der Waals surface area contributed by atoms with E-state index in [-0.39, 0.29) is 11.4 Å². The van der Waals surface area contributed by atoms with Crippen molar-refractivity contribution < 1.29 is 15.0 Å². The van der Waals surface area contributed by atoms with E-state index in [4.69, 9.17) is 5.11 Å². The van der Waals surface area contributed by atoms with Crippen molar-refractivity contribution >= 4 is 5.97 Å². The molecule has 7 heteroatoms. The minimum atomic E-state index is -1.46. The molecule has 3 N–H and O–H groups in total. The predicted octanol–water partition coefficient (Wildman–Crippen LogP) is -0.0704. The van der Waals surface area contributed by atoms with Gasteiger partial charge in [0, 0.05) is 6.20 Å². The first-order valence-corrected chi connectivity index (χ1v) is 4.88. The standard InChI is InChI=1S/C11H8N2O5/c14-8-4-2-1-3-7(8)13-5-6(10(16)17)9(15)12-11(13)18/h1-5,14H,(H,16,17)(H,12,15,18). The van der Waals surface area contributed by atoms with Crippen LogP contribution in [0.15, 0.2) is 40.1 Å². The van der Waals surface area contributed by atoms with Gasteiger partial charge in [0.15, 0.2) is 0 Å². The molecule has 0 bridgehead atoms. The van der Waals surface area contributed by atoms with E-state index in [9.17, 15) is 19.5 Å². The van der Waals surface area contributed by atoms with Crippen LogP contribution in [0.3, 0.4) is 0 Å². The number of aromatic hydroxyl groups is 1. The van der Waals surface area contributed by atoms with Gasteiger partial charge in [0.25, 0.3) is 5.56 Å². The van der Waals surface area contributed by atoms with E-state index in [2.05, 4.69) is 0 Å². The van der Waals surface area contributed by atoms with Crippen LogP contribution >= 0.6 is 0 Å². The third kappa shape index (κ3) is 1.88. The smallest absolute Gasteiger partial charge is 0.342 e. The number of rotatable bonds is 2. The molecule has 1 aromatic heterocycles. The predicted molar refractivity (Wildman–Crippen MR) is 61.3 cm³/mol. The molecule has 0 aliphatic heterocycles. The normalized spacial score (nSPS) is 10.2. The number of hydrogen-bond acceptors (Lipinski definition) is 4. The number of benzene rings is 1. The van der Waals surface area contributed by atoms with Gasteiger partial charge in [-0.2, -0.15) is 0 Å². The summed E-state index contributed by atoms with van der Waals surface area (Å²) in [5, 5.41) is 18.4. The third-order valence-electron chi connectivity index (χ3n) is 2.31. The maximum atomic E-state index is 11.6. The summed E-state index contributed by atoms with van der Waals surface area (Å²) in [7, 11) is 0. The molecule has 0 saturated carbocycles. The molecule has 2 aromatic rings. The zero-order valence-electron chi connectivity index (χ0n) is 8.95. The molecule has 0 saturated heterocycles. The number of phenols is 1. The fourth-order valence-corrected chi connectivity index (χ4v) is 1.47. The minimum Gasteiger partial charge on any atom is -0.506 e. The fourth-order valence-electron chi connectivity index (χ4n) is 1.47. The maximum Gasteiger partial charge on any atom is 0.342 e. The molecule has 0 unspecified atom stereocenters. The molecular formula is C11H8N2O5. The summed E-state index contributed by atoms with van der Waals surface area (Å²) < 4.78 is 0.861. The Morgan fingerprint density at radius 1 is 1.22 bits per heavy atom. The van der Waals surface area contributed by atoms with Gasteiger partial charge in [0.05, 0.1) is 5.69 Å². The Hall–Kier alpha value is -2.83. The number of phenolic OH excluding ortho intramolecular Hbond substituents is 1. The van der Waals surface area contributed by atoms with Crippen LogP contribution in [0.25, 0.3) is 5.69 Å². The van der Waals surface area contributed by atoms with Gasteiger partial charge in [-0.15, -0.1) is 0 Å². The topological polar surface area (TPSA) is 112 Å². The SMILES string of the molecule is O=C(O)c1cn(-c2ccccc2O)c(=O)[nH]c1=O. The molecule has 92 valence electrons. The highest BCUT2D eigenvalue weighted by molar-refractivity contribution is 5.86. The first-order chi connectivity index (χ1) is 8.50. The van der Waals surface area contributed by atoms with Gasteiger partial charge in [0.1, 0.15) is 11.3 Å². The second kappa shape index (κ2) is 4.21. The number of nitrogens with zero attached hydrogens (tertiary/aromatic N) is 1. The molecule has 0 spiro atoms. The molecule has 7 nitrogen and oxygen atoms in total. The Morgan fingerprint density at radius 3 is 2.50 bits per heavy atom. The average molecular weight is 248 g/mol. The van der Waals surface area contributed by atoms with Gasteiger partial charge in [0.2, 0.25) is 0 Å². The van der Waals surface area contributed by atoms with Gasteiger partial charge in [-0.1, -0.05) is 12.1 Å². The van der Waals surface area contributed by atoms with Gasteiger partial charge < -0.3 is 10.2 Å². The Labute approximate surface area is 99.6 Å². The van der Waals surface area contributed by atoms with E-state index in [0.29, 0.717) is 0 Å². The molecule has 18 heavy (non-hydrogen) atoms. The molecule has 0 aliphatic rings. The van der Waals surface area contributed by atoms with Crippen LogP contribution in [0.4, 0.5) is 0 Å². The van der Waals surface area contributed by atoms with Gasteiger partial charge >= 0.3 is 11.7 Å². The summed E-state index contributed by atoms with van der Waals surface area (Å²) >= 11 is 0. The van der Waals surface area contributed by atoms with Crippen LogP contribution in [0.1, 0.15) is 10.4 Å². The zero-order valence-corrected chi connectivity index (χ0v) is 8.95. The number of carboxylic acid groups (broad SMARTS) is 1. The molecule has 0 fully saturated rings. The van der Waals surface area contributed by atoms with Gasteiger partial charge in [-0.25, -0.2) is 9.59 Å². The van der Waals surface area contributed by atoms with Crippen LogP contribution in [0, 0.1) is 0 Å². The highest BCUT2D eigenvalue weighted by Gasteiger charge is 2.13. The summed E-state index contributed by atoms with van der Waals surface area (Å²) in [6.07, 6.45) is 0.874. The van der Waals surface area contributed by atoms with Crippen molar-refractivity contribution in [1.29, 1.82) is 0 Å². The molecule has 0 amide bonds. The number of aromatic carboxylic acids is 1. The molecule has 0 aliphatic carbocycles. The summed E-state index contributed by atoms with van der Waals surface area (Å²) in [5.41, 5.74) is -2.32. The third-order valence-corrected chi connectivity index (χ3v) is 2.31. The first kappa shape index (κ1) is 11.6. The van der Waals surface area contributed by atoms with Crippen molar-refractivity contribution in [2.45, 2.75) is 0 Å². The van der Waals surface area contributed by atoms with Gasteiger partial charge in [-0.3, -0.25) is 14.3 Å². The lowest BCUT2D eigenvalue weighted by molar-refractivity contribution is 0.0694. The summed E-state index contributed by atoms with van der Waals surface area (Å²) in [5.74, 6) is -1.66. The number of nitrogens with one attached hydrogen (secondary N) is 1.